The third kappa shape index (κ3) is 3.24. The van der Waals surface area contributed by atoms with Crippen LogP contribution in [0.3, 0.4) is 0 Å². The summed E-state index contributed by atoms with van der Waals surface area (Å²) in [5, 5.41) is 6.80. The highest BCUT2D eigenvalue weighted by molar-refractivity contribution is 7.13. The zero-order chi connectivity index (χ0) is 17.2. The fourth-order valence-corrected chi connectivity index (χ4v) is 3.93. The van der Waals surface area contributed by atoms with E-state index in [0.29, 0.717) is 6.54 Å². The number of rotatable bonds is 3. The highest BCUT2D eigenvalue weighted by atomic mass is 32.1. The first-order chi connectivity index (χ1) is 12.2. The van der Waals surface area contributed by atoms with E-state index >= 15 is 0 Å². The number of hydrogen-bond donors (Lipinski definition) is 0. The normalized spacial score (nSPS) is 14.2. The predicted octanol–water partition coefficient (Wildman–Crippen LogP) is 4.22. The predicted molar refractivity (Wildman–Crippen MR) is 101 cm³/mol. The van der Waals surface area contributed by atoms with Gasteiger partial charge in [-0.05, 0) is 48.1 Å². The van der Waals surface area contributed by atoms with Gasteiger partial charge in [-0.15, -0.1) is 11.3 Å². The highest BCUT2D eigenvalue weighted by Crippen LogP contribution is 2.26. The van der Waals surface area contributed by atoms with Crippen LogP contribution in [0.5, 0.6) is 0 Å². The molecule has 0 atom stereocenters. The molecule has 1 aliphatic heterocycles. The van der Waals surface area contributed by atoms with Crippen molar-refractivity contribution in [3.8, 4) is 10.6 Å². The summed E-state index contributed by atoms with van der Waals surface area (Å²) in [6.07, 6.45) is 1.92. The van der Waals surface area contributed by atoms with Gasteiger partial charge >= 0.3 is 0 Å². The zero-order valence-corrected chi connectivity index (χ0v) is 15.1. The van der Waals surface area contributed by atoms with E-state index in [2.05, 4.69) is 29.1 Å². The summed E-state index contributed by atoms with van der Waals surface area (Å²) in [4.78, 5) is 16.0. The second-order valence-electron chi connectivity index (χ2n) is 6.35. The monoisotopic (exact) mass is 351 g/mol. The molecule has 1 amide bonds. The van der Waals surface area contributed by atoms with Crippen LogP contribution < -0.4 is 0 Å². The number of carbonyl (C=O) groups excluding carboxylic acids is 1. The van der Waals surface area contributed by atoms with Gasteiger partial charge in [-0.2, -0.15) is 5.10 Å². The molecule has 0 spiro atoms. The van der Waals surface area contributed by atoms with Crippen molar-refractivity contribution < 1.29 is 4.79 Å². The number of hydrogen-bond acceptors (Lipinski definition) is 3. The Bertz CT molecular complexity index is 865. The largest absolute Gasteiger partial charge is 0.333 e. The van der Waals surface area contributed by atoms with Crippen LogP contribution in [0.2, 0.25) is 0 Å². The van der Waals surface area contributed by atoms with Gasteiger partial charge in [0.05, 0.1) is 17.1 Å². The Morgan fingerprint density at radius 2 is 2.04 bits per heavy atom. The molecule has 25 heavy (non-hydrogen) atoms. The number of aryl methyl sites for hydroxylation is 2. The summed E-state index contributed by atoms with van der Waals surface area (Å²) in [6.45, 7) is 4.37. The lowest BCUT2D eigenvalue weighted by Crippen LogP contribution is -2.30. The summed E-state index contributed by atoms with van der Waals surface area (Å²) in [6, 6.07) is 14.2. The molecule has 0 fully saturated rings. The SMILES string of the molecule is CCc1ccc(C(=O)N2CCCn3nc(-c4cccs4)cc3C2)cc1. The standard InChI is InChI=1S/C20H21N3OS/c1-2-15-6-8-16(9-7-15)20(24)22-10-4-11-23-17(14-22)13-18(21-23)19-5-3-12-25-19/h3,5-9,12-13H,2,4,10-11,14H2,1H3. The lowest BCUT2D eigenvalue weighted by molar-refractivity contribution is 0.0746. The Kier molecular flexibility index (Phi) is 4.40. The third-order valence-corrected chi connectivity index (χ3v) is 5.58. The minimum Gasteiger partial charge on any atom is -0.333 e. The Morgan fingerprint density at radius 1 is 1.20 bits per heavy atom. The van der Waals surface area contributed by atoms with Crippen molar-refractivity contribution >= 4 is 17.2 Å². The van der Waals surface area contributed by atoms with Crippen LogP contribution in [-0.2, 0) is 19.5 Å². The molecular formula is C20H21N3OS. The second kappa shape index (κ2) is 6.84. The van der Waals surface area contributed by atoms with Crippen LogP contribution in [0, 0.1) is 0 Å². The molecule has 1 aromatic carbocycles. The number of thiophene rings is 1. The first-order valence-corrected chi connectivity index (χ1v) is 9.61. The van der Waals surface area contributed by atoms with Crippen molar-refractivity contribution in [1.29, 1.82) is 0 Å². The zero-order valence-electron chi connectivity index (χ0n) is 14.3. The van der Waals surface area contributed by atoms with Gasteiger partial charge in [0.2, 0.25) is 0 Å². The van der Waals surface area contributed by atoms with Crippen LogP contribution in [0.4, 0.5) is 0 Å². The van der Waals surface area contributed by atoms with Crippen LogP contribution in [0.25, 0.3) is 10.6 Å². The molecule has 0 aliphatic carbocycles. The first-order valence-electron chi connectivity index (χ1n) is 8.73. The number of fused-ring (bicyclic) bond motifs is 1. The molecule has 2 aromatic heterocycles. The van der Waals surface area contributed by atoms with Crippen molar-refractivity contribution in [3.63, 3.8) is 0 Å². The molecule has 0 unspecified atom stereocenters. The van der Waals surface area contributed by atoms with Gasteiger partial charge in [-0.25, -0.2) is 0 Å². The van der Waals surface area contributed by atoms with E-state index in [0.717, 1.165) is 42.9 Å². The van der Waals surface area contributed by atoms with Gasteiger partial charge in [-0.1, -0.05) is 25.1 Å². The van der Waals surface area contributed by atoms with Crippen molar-refractivity contribution in [3.05, 3.63) is 64.7 Å². The Hall–Kier alpha value is -2.40. The average molecular weight is 351 g/mol. The fraction of sp³-hybridized carbons (Fsp3) is 0.300. The quantitative estimate of drug-likeness (QED) is 0.708. The van der Waals surface area contributed by atoms with Crippen molar-refractivity contribution in [2.45, 2.75) is 32.9 Å². The summed E-state index contributed by atoms with van der Waals surface area (Å²) >= 11 is 1.70. The number of nitrogens with zero attached hydrogens (tertiary/aromatic N) is 3. The average Bonchev–Trinajstić information content (AvgIpc) is 3.27. The summed E-state index contributed by atoms with van der Waals surface area (Å²) in [5.74, 6) is 0.106. The minimum absolute atomic E-state index is 0.106. The second-order valence-corrected chi connectivity index (χ2v) is 7.30. The third-order valence-electron chi connectivity index (χ3n) is 4.68. The molecule has 3 aromatic rings. The first kappa shape index (κ1) is 16.1. The highest BCUT2D eigenvalue weighted by Gasteiger charge is 2.22. The lowest BCUT2D eigenvalue weighted by Gasteiger charge is -2.20. The molecule has 128 valence electrons. The number of aromatic nitrogens is 2. The Balaban J connectivity index is 1.57. The maximum Gasteiger partial charge on any atom is 0.254 e. The Labute approximate surface area is 151 Å². The fourth-order valence-electron chi connectivity index (χ4n) is 3.25. The van der Waals surface area contributed by atoms with Crippen LogP contribution >= 0.6 is 11.3 Å². The van der Waals surface area contributed by atoms with Crippen molar-refractivity contribution in [2.75, 3.05) is 6.54 Å². The van der Waals surface area contributed by atoms with E-state index in [-0.39, 0.29) is 5.91 Å². The van der Waals surface area contributed by atoms with Crippen LogP contribution in [-0.4, -0.2) is 27.1 Å². The van der Waals surface area contributed by atoms with Gasteiger partial charge in [-0.3, -0.25) is 9.48 Å². The molecule has 4 rings (SSSR count). The van der Waals surface area contributed by atoms with Gasteiger partial charge in [0.15, 0.2) is 0 Å². The molecule has 0 saturated heterocycles. The molecule has 3 heterocycles. The maximum absolute atomic E-state index is 12.9. The van der Waals surface area contributed by atoms with E-state index in [1.165, 1.54) is 10.4 Å². The molecule has 1 aliphatic rings. The van der Waals surface area contributed by atoms with E-state index in [4.69, 9.17) is 5.10 Å². The van der Waals surface area contributed by atoms with E-state index in [9.17, 15) is 4.79 Å². The van der Waals surface area contributed by atoms with Gasteiger partial charge in [0.25, 0.3) is 5.91 Å². The van der Waals surface area contributed by atoms with E-state index in [1.54, 1.807) is 11.3 Å². The molecule has 0 N–H and O–H groups in total. The molecule has 0 radical (unpaired) electrons. The van der Waals surface area contributed by atoms with Crippen molar-refractivity contribution in [1.82, 2.24) is 14.7 Å². The lowest BCUT2D eigenvalue weighted by atomic mass is 10.1. The molecule has 5 heteroatoms. The van der Waals surface area contributed by atoms with E-state index < -0.39 is 0 Å². The number of carbonyl (C=O) groups is 1. The smallest absolute Gasteiger partial charge is 0.254 e. The number of amides is 1. The summed E-state index contributed by atoms with van der Waals surface area (Å²) in [7, 11) is 0. The maximum atomic E-state index is 12.9. The van der Waals surface area contributed by atoms with Crippen molar-refractivity contribution in [2.24, 2.45) is 0 Å². The van der Waals surface area contributed by atoms with Crippen LogP contribution in [0.1, 0.15) is 35.0 Å². The summed E-state index contributed by atoms with van der Waals surface area (Å²) < 4.78 is 2.06. The number of benzene rings is 1. The van der Waals surface area contributed by atoms with Gasteiger partial charge in [0, 0.05) is 18.7 Å². The molecule has 4 nitrogen and oxygen atoms in total. The summed E-state index contributed by atoms with van der Waals surface area (Å²) in [5.41, 5.74) is 4.14. The van der Waals surface area contributed by atoms with Crippen LogP contribution in [0.15, 0.2) is 47.8 Å². The molecule has 0 bridgehead atoms. The Morgan fingerprint density at radius 3 is 2.76 bits per heavy atom. The van der Waals surface area contributed by atoms with E-state index in [1.807, 2.05) is 35.2 Å². The topological polar surface area (TPSA) is 38.1 Å². The molecular weight excluding hydrogens is 330 g/mol. The van der Waals surface area contributed by atoms with Gasteiger partial charge < -0.3 is 4.90 Å². The van der Waals surface area contributed by atoms with Gasteiger partial charge in [0.1, 0.15) is 5.69 Å². The molecule has 0 saturated carbocycles. The minimum atomic E-state index is 0.106.